The smallest absolute Gasteiger partial charge is 0.229 e. The van der Waals surface area contributed by atoms with Gasteiger partial charge in [0, 0.05) is 11.8 Å². The van der Waals surface area contributed by atoms with E-state index in [-0.39, 0.29) is 0 Å². The monoisotopic (exact) mass is 231 g/mol. The highest BCUT2D eigenvalue weighted by Gasteiger charge is 2.66. The second-order valence-electron chi connectivity index (χ2n) is 7.95. The minimum absolute atomic E-state index is 0.322. The van der Waals surface area contributed by atoms with Crippen LogP contribution in [0.15, 0.2) is 0 Å². The summed E-state index contributed by atoms with van der Waals surface area (Å²) in [6.07, 6.45) is 5.28. The molecule has 4 aliphatic carbocycles. The quantitative estimate of drug-likeness (QED) is 0.589. The van der Waals surface area contributed by atoms with Crippen molar-refractivity contribution >= 4 is 0 Å². The molecule has 1 nitrogen and oxygen atoms in total. The van der Waals surface area contributed by atoms with Crippen molar-refractivity contribution in [2.45, 2.75) is 59.4 Å². The Morgan fingerprint density at radius 3 is 2.41 bits per heavy atom. The van der Waals surface area contributed by atoms with Gasteiger partial charge in [-0.25, -0.2) is 6.57 Å². The SMILES string of the molecule is [C-]#[N+]C1CC2C3CC1(C)CC2(C)CC3C(C)C. The lowest BCUT2D eigenvalue weighted by molar-refractivity contribution is -0.0497. The maximum atomic E-state index is 7.45. The Kier molecular flexibility index (Phi) is 2.23. The van der Waals surface area contributed by atoms with E-state index < -0.39 is 0 Å². The highest BCUT2D eigenvalue weighted by atomic mass is 14.8. The largest absolute Gasteiger partial charge is 0.313 e. The van der Waals surface area contributed by atoms with Crippen LogP contribution in [0.2, 0.25) is 0 Å². The number of nitrogens with zero attached hydrogens (tertiary/aromatic N) is 1. The van der Waals surface area contributed by atoms with Gasteiger partial charge in [-0.1, -0.05) is 27.7 Å². The molecule has 4 bridgehead atoms. The Morgan fingerprint density at radius 1 is 1.18 bits per heavy atom. The molecule has 94 valence electrons. The topological polar surface area (TPSA) is 4.36 Å². The first-order valence-electron chi connectivity index (χ1n) is 7.26. The van der Waals surface area contributed by atoms with Crippen LogP contribution in [-0.4, -0.2) is 6.04 Å². The van der Waals surface area contributed by atoms with Crippen molar-refractivity contribution in [1.82, 2.24) is 0 Å². The van der Waals surface area contributed by atoms with Gasteiger partial charge >= 0.3 is 0 Å². The van der Waals surface area contributed by atoms with Crippen LogP contribution in [-0.2, 0) is 0 Å². The summed E-state index contributed by atoms with van der Waals surface area (Å²) in [6.45, 7) is 17.2. The van der Waals surface area contributed by atoms with Crippen molar-refractivity contribution in [3.05, 3.63) is 11.4 Å². The summed E-state index contributed by atoms with van der Waals surface area (Å²) in [5.41, 5.74) is 0.896. The highest BCUT2D eigenvalue weighted by Crippen LogP contribution is 2.70. The van der Waals surface area contributed by atoms with Gasteiger partial charge in [-0.15, -0.1) is 0 Å². The molecule has 0 heterocycles. The minimum Gasteiger partial charge on any atom is -0.313 e. The molecule has 0 aromatic rings. The van der Waals surface area contributed by atoms with Gasteiger partial charge in [0.05, 0.1) is 0 Å². The fourth-order valence-corrected chi connectivity index (χ4v) is 5.86. The molecule has 0 aromatic heterocycles. The van der Waals surface area contributed by atoms with Gasteiger partial charge in [-0.3, -0.25) is 0 Å². The normalized spacial score (nSPS) is 56.2. The molecule has 0 amide bonds. The summed E-state index contributed by atoms with van der Waals surface area (Å²) in [6, 6.07) is 0.322. The van der Waals surface area contributed by atoms with Gasteiger partial charge < -0.3 is 4.85 Å². The summed E-state index contributed by atoms with van der Waals surface area (Å²) in [7, 11) is 0. The summed E-state index contributed by atoms with van der Waals surface area (Å²) >= 11 is 0. The first-order chi connectivity index (χ1) is 7.89. The third kappa shape index (κ3) is 1.36. The molecule has 0 spiro atoms. The van der Waals surface area contributed by atoms with Crippen molar-refractivity contribution in [1.29, 1.82) is 0 Å². The lowest BCUT2D eigenvalue weighted by Gasteiger charge is -2.54. The van der Waals surface area contributed by atoms with Gasteiger partial charge in [-0.05, 0) is 48.3 Å². The fraction of sp³-hybridized carbons (Fsp3) is 0.938. The van der Waals surface area contributed by atoms with Crippen LogP contribution in [0.5, 0.6) is 0 Å². The van der Waals surface area contributed by atoms with E-state index in [4.69, 9.17) is 6.57 Å². The van der Waals surface area contributed by atoms with E-state index in [1.54, 1.807) is 0 Å². The predicted molar refractivity (Wildman–Crippen MR) is 70.4 cm³/mol. The first-order valence-corrected chi connectivity index (χ1v) is 7.26. The molecule has 0 aliphatic heterocycles. The molecule has 4 saturated carbocycles. The number of hydrogen-bond acceptors (Lipinski definition) is 0. The Morgan fingerprint density at radius 2 is 1.88 bits per heavy atom. The Hall–Kier alpha value is -0.510. The maximum Gasteiger partial charge on any atom is 0.229 e. The molecule has 0 saturated heterocycles. The van der Waals surface area contributed by atoms with Gasteiger partial charge in [0.2, 0.25) is 6.04 Å². The van der Waals surface area contributed by atoms with Gasteiger partial charge in [0.1, 0.15) is 0 Å². The Labute approximate surface area is 106 Å². The summed E-state index contributed by atoms with van der Waals surface area (Å²) in [5.74, 6) is 3.54. The third-order valence-corrected chi connectivity index (χ3v) is 6.47. The maximum absolute atomic E-state index is 7.45. The third-order valence-electron chi connectivity index (χ3n) is 6.47. The molecule has 17 heavy (non-hydrogen) atoms. The second-order valence-corrected chi connectivity index (χ2v) is 7.95. The van der Waals surface area contributed by atoms with Crippen LogP contribution in [0.4, 0.5) is 0 Å². The van der Waals surface area contributed by atoms with E-state index in [1.165, 1.54) is 25.7 Å². The van der Waals surface area contributed by atoms with Crippen molar-refractivity contribution in [3.8, 4) is 0 Å². The molecule has 6 unspecified atom stereocenters. The van der Waals surface area contributed by atoms with Crippen molar-refractivity contribution in [2.75, 3.05) is 0 Å². The molecule has 1 heteroatoms. The van der Waals surface area contributed by atoms with E-state index in [0.29, 0.717) is 16.9 Å². The molecule has 0 N–H and O–H groups in total. The van der Waals surface area contributed by atoms with Gasteiger partial charge in [0.15, 0.2) is 0 Å². The van der Waals surface area contributed by atoms with E-state index in [0.717, 1.165) is 23.7 Å². The van der Waals surface area contributed by atoms with E-state index in [9.17, 15) is 0 Å². The van der Waals surface area contributed by atoms with Crippen LogP contribution in [0, 0.1) is 41.1 Å². The first kappa shape index (κ1) is 11.6. The van der Waals surface area contributed by atoms with Crippen molar-refractivity contribution in [3.63, 3.8) is 0 Å². The van der Waals surface area contributed by atoms with Gasteiger partial charge in [-0.2, -0.15) is 0 Å². The molecule has 4 rings (SSSR count). The number of fused-ring (bicyclic) bond motifs is 1. The zero-order valence-corrected chi connectivity index (χ0v) is 11.7. The minimum atomic E-state index is 0.322. The fourth-order valence-electron chi connectivity index (χ4n) is 5.86. The standard InChI is InChI=1S/C16H25N/c1-10(2)11-7-15(3)9-16(4)8-12(11)13(15)6-14(16)17-5/h10-14H,6-9H2,1-4H3. The molecule has 4 aliphatic rings. The second kappa shape index (κ2) is 3.28. The van der Waals surface area contributed by atoms with E-state index in [2.05, 4.69) is 32.5 Å². The Balaban J connectivity index is 1.98. The van der Waals surface area contributed by atoms with Crippen LogP contribution in [0.25, 0.3) is 4.85 Å². The molecule has 0 aromatic carbocycles. The molecule has 6 atom stereocenters. The van der Waals surface area contributed by atoms with E-state index >= 15 is 0 Å². The molecule has 4 fully saturated rings. The van der Waals surface area contributed by atoms with Crippen LogP contribution < -0.4 is 0 Å². The summed E-state index contributed by atoms with van der Waals surface area (Å²) in [4.78, 5) is 3.95. The van der Waals surface area contributed by atoms with Crippen molar-refractivity contribution < 1.29 is 0 Å². The molecular weight excluding hydrogens is 206 g/mol. The summed E-state index contributed by atoms with van der Waals surface area (Å²) < 4.78 is 0. The van der Waals surface area contributed by atoms with Crippen LogP contribution >= 0.6 is 0 Å². The predicted octanol–water partition coefficient (Wildman–Crippen LogP) is 4.39. The van der Waals surface area contributed by atoms with Crippen molar-refractivity contribution in [2.24, 2.45) is 34.5 Å². The zero-order valence-electron chi connectivity index (χ0n) is 11.7. The van der Waals surface area contributed by atoms with Crippen LogP contribution in [0.3, 0.4) is 0 Å². The highest BCUT2D eigenvalue weighted by molar-refractivity contribution is 5.17. The number of hydrogen-bond donors (Lipinski definition) is 0. The van der Waals surface area contributed by atoms with Gasteiger partial charge in [0.25, 0.3) is 0 Å². The lowest BCUT2D eigenvalue weighted by Crippen LogP contribution is -2.52. The average Bonchev–Trinajstić information content (AvgIpc) is 2.43. The zero-order chi connectivity index (χ0) is 12.4. The molecular formula is C16H25N. The van der Waals surface area contributed by atoms with E-state index in [1.807, 2.05) is 0 Å². The number of rotatable bonds is 1. The lowest BCUT2D eigenvalue weighted by atomic mass is 9.49. The van der Waals surface area contributed by atoms with Crippen LogP contribution in [0.1, 0.15) is 53.4 Å². The average molecular weight is 231 g/mol. The Bertz CT molecular complexity index is 379. The summed E-state index contributed by atoms with van der Waals surface area (Å²) in [5, 5.41) is 0. The molecule has 0 radical (unpaired) electrons.